The Hall–Kier alpha value is -3.11. The minimum atomic E-state index is -0.846. The van der Waals surface area contributed by atoms with E-state index in [4.69, 9.17) is 11.6 Å². The summed E-state index contributed by atoms with van der Waals surface area (Å²) in [5.74, 6) is -0.476. The van der Waals surface area contributed by atoms with Crippen LogP contribution in [0, 0.1) is 5.92 Å². The van der Waals surface area contributed by atoms with E-state index >= 15 is 0 Å². The molecule has 5 heteroatoms. The molecular weight excluding hydrogens is 432 g/mol. The number of benzene rings is 3. The number of hydrogen-bond acceptors (Lipinski definition) is 2. The second kappa shape index (κ2) is 12.2. The van der Waals surface area contributed by atoms with Crippen molar-refractivity contribution in [2.45, 2.75) is 37.6 Å². The molecule has 2 unspecified atom stereocenters. The zero-order valence-corrected chi connectivity index (χ0v) is 19.8. The first-order valence-corrected chi connectivity index (χ1v) is 11.8. The van der Waals surface area contributed by atoms with Gasteiger partial charge in [-0.15, -0.1) is 11.6 Å². The molecule has 3 aromatic rings. The van der Waals surface area contributed by atoms with E-state index in [2.05, 4.69) is 34.9 Å². The van der Waals surface area contributed by atoms with Crippen molar-refractivity contribution in [3.05, 3.63) is 108 Å². The first-order chi connectivity index (χ1) is 16.0. The average molecular weight is 463 g/mol. The van der Waals surface area contributed by atoms with Crippen molar-refractivity contribution < 1.29 is 9.59 Å². The van der Waals surface area contributed by atoms with Crippen LogP contribution in [0.4, 0.5) is 0 Å². The van der Waals surface area contributed by atoms with Crippen LogP contribution >= 0.6 is 11.6 Å². The summed E-state index contributed by atoms with van der Waals surface area (Å²) in [4.78, 5) is 25.7. The van der Waals surface area contributed by atoms with Gasteiger partial charge in [0.1, 0.15) is 11.4 Å². The first-order valence-electron chi connectivity index (χ1n) is 11.3. The highest BCUT2D eigenvalue weighted by molar-refractivity contribution is 6.30. The van der Waals surface area contributed by atoms with E-state index in [1.807, 2.05) is 68.4 Å². The van der Waals surface area contributed by atoms with Gasteiger partial charge in [0.25, 0.3) is 0 Å². The molecule has 0 aliphatic rings. The van der Waals surface area contributed by atoms with Gasteiger partial charge in [0.05, 0.1) is 0 Å². The van der Waals surface area contributed by atoms with Crippen LogP contribution in [0.15, 0.2) is 91.0 Å². The number of carbonyl (C=O) groups excluding carboxylic acids is 2. The summed E-state index contributed by atoms with van der Waals surface area (Å²) in [7, 11) is 0. The summed E-state index contributed by atoms with van der Waals surface area (Å²) in [5.41, 5.74) is 3.12. The number of amides is 2. The maximum absolute atomic E-state index is 13.0. The van der Waals surface area contributed by atoms with Crippen LogP contribution in [-0.4, -0.2) is 24.4 Å². The Morgan fingerprint density at radius 1 is 0.727 bits per heavy atom. The molecule has 2 atom stereocenters. The molecule has 0 saturated carbocycles. The van der Waals surface area contributed by atoms with Gasteiger partial charge in [-0.1, -0.05) is 105 Å². The van der Waals surface area contributed by atoms with E-state index in [-0.39, 0.29) is 23.7 Å². The lowest BCUT2D eigenvalue weighted by molar-refractivity contribution is -0.130. The molecule has 0 aliphatic carbocycles. The molecule has 3 aromatic carbocycles. The van der Waals surface area contributed by atoms with Gasteiger partial charge in [0.15, 0.2) is 0 Å². The Labute approximate surface area is 201 Å². The Balaban J connectivity index is 1.62. The van der Waals surface area contributed by atoms with Crippen molar-refractivity contribution in [2.75, 3.05) is 6.54 Å². The van der Waals surface area contributed by atoms with Crippen LogP contribution in [0.3, 0.4) is 0 Å². The van der Waals surface area contributed by atoms with Crippen LogP contribution in [0.5, 0.6) is 0 Å². The first kappa shape index (κ1) is 24.5. The molecule has 0 saturated heterocycles. The Kier molecular flexibility index (Phi) is 9.08. The summed E-state index contributed by atoms with van der Waals surface area (Å²) >= 11 is 6.35. The maximum atomic E-state index is 13.0. The highest BCUT2D eigenvalue weighted by atomic mass is 35.5. The second-order valence-corrected chi connectivity index (χ2v) is 8.89. The lowest BCUT2D eigenvalue weighted by Crippen LogP contribution is -2.50. The lowest BCUT2D eigenvalue weighted by atomic mass is 9.88. The van der Waals surface area contributed by atoms with Gasteiger partial charge < -0.3 is 10.6 Å². The maximum Gasteiger partial charge on any atom is 0.243 e. The van der Waals surface area contributed by atoms with E-state index in [0.717, 1.165) is 6.42 Å². The summed E-state index contributed by atoms with van der Waals surface area (Å²) in [6.07, 6.45) is 0.751. The van der Waals surface area contributed by atoms with Gasteiger partial charge >= 0.3 is 0 Å². The fourth-order valence-electron chi connectivity index (χ4n) is 3.88. The predicted molar refractivity (Wildman–Crippen MR) is 134 cm³/mol. The van der Waals surface area contributed by atoms with E-state index in [1.165, 1.54) is 11.1 Å². The lowest BCUT2D eigenvalue weighted by Gasteiger charge is -2.24. The zero-order valence-electron chi connectivity index (χ0n) is 19.1. The second-order valence-electron chi connectivity index (χ2n) is 8.46. The van der Waals surface area contributed by atoms with Gasteiger partial charge in [-0.2, -0.15) is 0 Å². The quantitative estimate of drug-likeness (QED) is 0.394. The van der Waals surface area contributed by atoms with E-state index in [9.17, 15) is 9.59 Å². The van der Waals surface area contributed by atoms with Crippen molar-refractivity contribution in [3.63, 3.8) is 0 Å². The SMILES string of the molecule is CC(C)C(NC(=O)C(Cl)c1ccccc1)C(=O)NCCC(c1ccccc1)c1ccccc1. The van der Waals surface area contributed by atoms with E-state index in [1.54, 1.807) is 12.1 Å². The van der Waals surface area contributed by atoms with Crippen LogP contribution < -0.4 is 10.6 Å². The highest BCUT2D eigenvalue weighted by Crippen LogP contribution is 2.27. The Bertz CT molecular complexity index is 970. The molecule has 0 aliphatic heterocycles. The molecule has 172 valence electrons. The third kappa shape index (κ3) is 6.93. The smallest absolute Gasteiger partial charge is 0.243 e. The van der Waals surface area contributed by atoms with E-state index in [0.29, 0.717) is 12.1 Å². The fourth-order valence-corrected chi connectivity index (χ4v) is 4.09. The molecule has 2 N–H and O–H groups in total. The van der Waals surface area contributed by atoms with Gasteiger partial charge in [-0.25, -0.2) is 0 Å². The third-order valence-electron chi connectivity index (χ3n) is 5.71. The van der Waals surface area contributed by atoms with Crippen LogP contribution in [0.2, 0.25) is 0 Å². The molecule has 0 fully saturated rings. The van der Waals surface area contributed by atoms with Crippen LogP contribution in [0.1, 0.15) is 48.3 Å². The molecular formula is C28H31ClN2O2. The number of carbonyl (C=O) groups is 2. The molecule has 33 heavy (non-hydrogen) atoms. The zero-order chi connectivity index (χ0) is 23.6. The van der Waals surface area contributed by atoms with Crippen molar-refractivity contribution >= 4 is 23.4 Å². The number of nitrogens with one attached hydrogen (secondary N) is 2. The normalized spacial score (nSPS) is 12.9. The molecule has 3 rings (SSSR count). The van der Waals surface area contributed by atoms with Gasteiger partial charge in [-0.3, -0.25) is 9.59 Å². The minimum Gasteiger partial charge on any atom is -0.354 e. The van der Waals surface area contributed by atoms with Crippen LogP contribution in [0.25, 0.3) is 0 Å². The number of alkyl halides is 1. The van der Waals surface area contributed by atoms with Crippen molar-refractivity contribution in [2.24, 2.45) is 5.92 Å². The number of hydrogen-bond donors (Lipinski definition) is 2. The topological polar surface area (TPSA) is 58.2 Å². The molecule has 0 spiro atoms. The molecule has 0 bridgehead atoms. The summed E-state index contributed by atoms with van der Waals surface area (Å²) in [6, 6.07) is 29.1. The van der Waals surface area contributed by atoms with Gasteiger partial charge in [0.2, 0.25) is 11.8 Å². The van der Waals surface area contributed by atoms with Crippen molar-refractivity contribution in [3.8, 4) is 0 Å². The minimum absolute atomic E-state index is 0.0763. The fraction of sp³-hybridized carbons (Fsp3) is 0.286. The van der Waals surface area contributed by atoms with Crippen molar-refractivity contribution in [1.82, 2.24) is 10.6 Å². The Morgan fingerprint density at radius 3 is 1.64 bits per heavy atom. The number of rotatable bonds is 10. The summed E-state index contributed by atoms with van der Waals surface area (Å²) < 4.78 is 0. The van der Waals surface area contributed by atoms with Gasteiger partial charge in [-0.05, 0) is 29.0 Å². The molecule has 0 radical (unpaired) electrons. The summed E-state index contributed by atoms with van der Waals surface area (Å²) in [5, 5.41) is 5.01. The number of halogens is 1. The van der Waals surface area contributed by atoms with Gasteiger partial charge in [0, 0.05) is 12.5 Å². The Morgan fingerprint density at radius 2 is 1.18 bits per heavy atom. The highest BCUT2D eigenvalue weighted by Gasteiger charge is 2.27. The monoisotopic (exact) mass is 462 g/mol. The molecule has 0 heterocycles. The largest absolute Gasteiger partial charge is 0.354 e. The van der Waals surface area contributed by atoms with Crippen molar-refractivity contribution in [1.29, 1.82) is 0 Å². The van der Waals surface area contributed by atoms with Crippen LogP contribution in [-0.2, 0) is 9.59 Å². The third-order valence-corrected chi connectivity index (χ3v) is 6.16. The standard InChI is InChI=1S/C28H31ClN2O2/c1-20(2)26(31-27(32)25(29)23-16-10-5-11-17-23)28(33)30-19-18-24(21-12-6-3-7-13-21)22-14-8-4-9-15-22/h3-17,20,24-26H,18-19H2,1-2H3,(H,30,33)(H,31,32). The molecule has 4 nitrogen and oxygen atoms in total. The predicted octanol–water partition coefficient (Wildman–Crippen LogP) is 5.45. The average Bonchev–Trinajstić information content (AvgIpc) is 2.85. The van der Waals surface area contributed by atoms with E-state index < -0.39 is 11.4 Å². The molecule has 0 aromatic heterocycles. The summed E-state index contributed by atoms with van der Waals surface area (Å²) in [6.45, 7) is 4.31. The molecule has 2 amide bonds.